The predicted octanol–water partition coefficient (Wildman–Crippen LogP) is 3.20. The first kappa shape index (κ1) is 18.6. The number of rotatable bonds is 6. The molecular formula is C19H31N3O2. The van der Waals surface area contributed by atoms with Crippen LogP contribution in [0.2, 0.25) is 0 Å². The smallest absolute Gasteiger partial charge is 0.317 e. The van der Waals surface area contributed by atoms with E-state index in [2.05, 4.69) is 30.5 Å². The molecule has 0 heterocycles. The van der Waals surface area contributed by atoms with Crippen molar-refractivity contribution in [2.45, 2.75) is 58.2 Å². The van der Waals surface area contributed by atoms with Crippen molar-refractivity contribution < 1.29 is 9.90 Å². The van der Waals surface area contributed by atoms with Gasteiger partial charge in [0.1, 0.15) is 0 Å². The topological polar surface area (TPSA) is 64.6 Å². The Morgan fingerprint density at radius 3 is 2.79 bits per heavy atom. The summed E-state index contributed by atoms with van der Waals surface area (Å²) in [7, 11) is 1.80. The summed E-state index contributed by atoms with van der Waals surface area (Å²) >= 11 is 0. The number of urea groups is 1. The molecule has 0 aliphatic heterocycles. The lowest BCUT2D eigenvalue weighted by Crippen LogP contribution is -2.42. The van der Waals surface area contributed by atoms with Gasteiger partial charge >= 0.3 is 6.03 Å². The van der Waals surface area contributed by atoms with E-state index in [4.69, 9.17) is 0 Å². The third-order valence-electron chi connectivity index (χ3n) is 4.55. The van der Waals surface area contributed by atoms with Gasteiger partial charge in [-0.05, 0) is 44.4 Å². The summed E-state index contributed by atoms with van der Waals surface area (Å²) < 4.78 is 0. The number of carbonyl (C=O) groups excluding carboxylic acids is 1. The Bertz CT molecular complexity index is 533. The molecule has 0 saturated heterocycles. The van der Waals surface area contributed by atoms with Crippen LogP contribution in [0.15, 0.2) is 24.3 Å². The monoisotopic (exact) mass is 333 g/mol. The molecule has 1 aromatic carbocycles. The molecule has 2 amide bonds. The Morgan fingerprint density at radius 1 is 1.33 bits per heavy atom. The van der Waals surface area contributed by atoms with Crippen LogP contribution >= 0.6 is 0 Å². The van der Waals surface area contributed by atoms with Crippen molar-refractivity contribution in [2.75, 3.05) is 18.9 Å². The molecule has 2 rings (SSSR count). The van der Waals surface area contributed by atoms with E-state index in [1.54, 1.807) is 11.9 Å². The Hall–Kier alpha value is -1.75. The summed E-state index contributed by atoms with van der Waals surface area (Å²) in [6.07, 6.45) is 3.83. The minimum atomic E-state index is -0.271. The lowest BCUT2D eigenvalue weighted by Gasteiger charge is -2.31. The van der Waals surface area contributed by atoms with Gasteiger partial charge in [-0.25, -0.2) is 4.79 Å². The second-order valence-electron chi connectivity index (χ2n) is 7.15. The van der Waals surface area contributed by atoms with Crippen molar-refractivity contribution >= 4 is 11.7 Å². The maximum Gasteiger partial charge on any atom is 0.317 e. The van der Waals surface area contributed by atoms with E-state index in [0.717, 1.165) is 36.9 Å². The van der Waals surface area contributed by atoms with Gasteiger partial charge in [-0.3, -0.25) is 0 Å². The molecule has 0 bridgehead atoms. The number of aliphatic hydroxyl groups is 1. The van der Waals surface area contributed by atoms with E-state index in [9.17, 15) is 9.90 Å². The summed E-state index contributed by atoms with van der Waals surface area (Å²) in [6, 6.07) is 8.39. The molecule has 1 saturated carbocycles. The van der Waals surface area contributed by atoms with E-state index < -0.39 is 0 Å². The van der Waals surface area contributed by atoms with Crippen molar-refractivity contribution in [1.82, 2.24) is 10.2 Å². The summed E-state index contributed by atoms with van der Waals surface area (Å²) in [5.41, 5.74) is 2.13. The molecule has 1 aromatic rings. The molecule has 2 atom stereocenters. The highest BCUT2D eigenvalue weighted by molar-refractivity contribution is 5.73. The predicted molar refractivity (Wildman–Crippen MR) is 98.0 cm³/mol. The third kappa shape index (κ3) is 5.71. The lowest BCUT2D eigenvalue weighted by molar-refractivity contribution is 0.0565. The molecular weight excluding hydrogens is 302 g/mol. The highest BCUT2D eigenvalue weighted by atomic mass is 16.3. The number of carbonyl (C=O) groups is 1. The van der Waals surface area contributed by atoms with Crippen molar-refractivity contribution in [3.63, 3.8) is 0 Å². The van der Waals surface area contributed by atoms with Crippen LogP contribution in [0.25, 0.3) is 0 Å². The minimum absolute atomic E-state index is 0.0880. The van der Waals surface area contributed by atoms with Gasteiger partial charge in [0, 0.05) is 37.8 Å². The summed E-state index contributed by atoms with van der Waals surface area (Å²) in [5, 5.41) is 16.4. The SMILES string of the molecule is CC(C)Nc1cccc(CNC(=O)N(C)C[C@H]2CCCC[C@@H]2O)c1. The van der Waals surface area contributed by atoms with Crippen molar-refractivity contribution in [1.29, 1.82) is 0 Å². The molecule has 0 radical (unpaired) electrons. The van der Waals surface area contributed by atoms with E-state index in [0.29, 0.717) is 19.1 Å². The van der Waals surface area contributed by atoms with Crippen LogP contribution in [0.5, 0.6) is 0 Å². The number of hydrogen-bond donors (Lipinski definition) is 3. The van der Waals surface area contributed by atoms with E-state index in [1.165, 1.54) is 0 Å². The third-order valence-corrected chi connectivity index (χ3v) is 4.55. The van der Waals surface area contributed by atoms with E-state index in [-0.39, 0.29) is 18.1 Å². The number of nitrogens with zero attached hydrogens (tertiary/aromatic N) is 1. The Balaban J connectivity index is 1.81. The molecule has 5 nitrogen and oxygen atoms in total. The maximum absolute atomic E-state index is 12.3. The number of anilines is 1. The van der Waals surface area contributed by atoms with Gasteiger partial charge in [-0.1, -0.05) is 25.0 Å². The van der Waals surface area contributed by atoms with E-state index >= 15 is 0 Å². The van der Waals surface area contributed by atoms with Crippen LogP contribution < -0.4 is 10.6 Å². The number of nitrogens with one attached hydrogen (secondary N) is 2. The molecule has 3 N–H and O–H groups in total. The molecule has 5 heteroatoms. The maximum atomic E-state index is 12.3. The van der Waals surface area contributed by atoms with Crippen LogP contribution in [0.3, 0.4) is 0 Å². The van der Waals surface area contributed by atoms with Crippen LogP contribution in [-0.4, -0.2) is 41.8 Å². The molecule has 0 aromatic heterocycles. The number of hydrogen-bond acceptors (Lipinski definition) is 3. The van der Waals surface area contributed by atoms with Gasteiger partial charge < -0.3 is 20.6 Å². The lowest BCUT2D eigenvalue weighted by atomic mass is 9.86. The zero-order valence-corrected chi connectivity index (χ0v) is 15.1. The van der Waals surface area contributed by atoms with Crippen LogP contribution in [0.1, 0.15) is 45.1 Å². The average Bonchev–Trinajstić information content (AvgIpc) is 2.54. The quantitative estimate of drug-likeness (QED) is 0.749. The number of amides is 2. The summed E-state index contributed by atoms with van der Waals surface area (Å²) in [4.78, 5) is 14.0. The van der Waals surface area contributed by atoms with Crippen LogP contribution in [-0.2, 0) is 6.54 Å². The standard InChI is InChI=1S/C19H31N3O2/c1-14(2)21-17-9-6-7-15(11-17)12-20-19(24)22(3)13-16-8-4-5-10-18(16)23/h6-7,9,11,14,16,18,21,23H,4-5,8,10,12-13H2,1-3H3,(H,20,24)/t16-,18+/m1/s1. The van der Waals surface area contributed by atoms with Gasteiger partial charge in [0.05, 0.1) is 6.10 Å². The highest BCUT2D eigenvalue weighted by Crippen LogP contribution is 2.24. The summed E-state index contributed by atoms with van der Waals surface area (Å²) in [6.45, 7) is 5.32. The second-order valence-corrected chi connectivity index (χ2v) is 7.15. The van der Waals surface area contributed by atoms with E-state index in [1.807, 2.05) is 18.2 Å². The zero-order chi connectivity index (χ0) is 17.5. The fraction of sp³-hybridized carbons (Fsp3) is 0.632. The van der Waals surface area contributed by atoms with Gasteiger partial charge in [0.2, 0.25) is 0 Å². The molecule has 134 valence electrons. The number of aliphatic hydroxyl groups excluding tert-OH is 1. The minimum Gasteiger partial charge on any atom is -0.393 e. The average molecular weight is 333 g/mol. The first-order valence-corrected chi connectivity index (χ1v) is 8.98. The van der Waals surface area contributed by atoms with Gasteiger partial charge in [-0.2, -0.15) is 0 Å². The molecule has 1 fully saturated rings. The highest BCUT2D eigenvalue weighted by Gasteiger charge is 2.25. The molecule has 24 heavy (non-hydrogen) atoms. The first-order valence-electron chi connectivity index (χ1n) is 8.98. The molecule has 0 spiro atoms. The molecule has 1 aliphatic rings. The van der Waals surface area contributed by atoms with Crippen molar-refractivity contribution in [3.8, 4) is 0 Å². The molecule has 0 unspecified atom stereocenters. The van der Waals surface area contributed by atoms with Crippen LogP contribution in [0.4, 0.5) is 10.5 Å². The van der Waals surface area contributed by atoms with Gasteiger partial charge in [0.15, 0.2) is 0 Å². The Morgan fingerprint density at radius 2 is 2.08 bits per heavy atom. The first-order chi connectivity index (χ1) is 11.5. The Labute approximate surface area is 145 Å². The summed E-state index contributed by atoms with van der Waals surface area (Å²) in [5.74, 6) is 0.202. The van der Waals surface area contributed by atoms with Crippen LogP contribution in [0, 0.1) is 5.92 Å². The number of benzene rings is 1. The Kier molecular flexibility index (Phi) is 6.91. The van der Waals surface area contributed by atoms with Gasteiger partial charge in [0.25, 0.3) is 0 Å². The molecule has 1 aliphatic carbocycles. The second kappa shape index (κ2) is 8.92. The van der Waals surface area contributed by atoms with Gasteiger partial charge in [-0.15, -0.1) is 0 Å². The fourth-order valence-electron chi connectivity index (χ4n) is 3.25. The normalized spacial score (nSPS) is 20.7. The fourth-order valence-corrected chi connectivity index (χ4v) is 3.25. The zero-order valence-electron chi connectivity index (χ0n) is 15.1. The largest absolute Gasteiger partial charge is 0.393 e. The van der Waals surface area contributed by atoms with Crippen molar-refractivity contribution in [2.24, 2.45) is 5.92 Å². The van der Waals surface area contributed by atoms with Crippen molar-refractivity contribution in [3.05, 3.63) is 29.8 Å².